The van der Waals surface area contributed by atoms with Crippen LogP contribution in [0, 0.1) is 0 Å². The lowest BCUT2D eigenvalue weighted by molar-refractivity contribution is 1.02. The zero-order valence-corrected chi connectivity index (χ0v) is 14.7. The molecule has 3 aromatic heterocycles. The van der Waals surface area contributed by atoms with Crippen molar-refractivity contribution in [3.8, 4) is 0 Å². The molecule has 4 rings (SSSR count). The van der Waals surface area contributed by atoms with E-state index in [1.165, 1.54) is 0 Å². The van der Waals surface area contributed by atoms with Crippen molar-refractivity contribution in [2.75, 3.05) is 10.6 Å². The van der Waals surface area contributed by atoms with Gasteiger partial charge in [-0.25, -0.2) is 4.98 Å². The molecule has 0 radical (unpaired) electrons. The normalized spacial score (nSPS) is 10.8. The van der Waals surface area contributed by atoms with Crippen molar-refractivity contribution in [2.45, 2.75) is 6.54 Å². The Morgan fingerprint density at radius 3 is 2.92 bits per heavy atom. The summed E-state index contributed by atoms with van der Waals surface area (Å²) in [5.41, 5.74) is 2.82. The number of benzene rings is 1. The lowest BCUT2D eigenvalue weighted by Gasteiger charge is -2.10. The molecule has 3 N–H and O–H groups in total. The van der Waals surface area contributed by atoms with Crippen LogP contribution in [0.5, 0.6) is 0 Å². The number of aromatic nitrogens is 5. The van der Waals surface area contributed by atoms with Crippen LogP contribution in [-0.2, 0) is 6.54 Å². The topological polar surface area (TPSA) is 91.4 Å². The fourth-order valence-corrected chi connectivity index (χ4v) is 2.71. The number of nitrogens with zero attached hydrogens (tertiary/aromatic N) is 4. The Morgan fingerprint density at radius 1 is 1.08 bits per heavy atom. The smallest absolute Gasteiger partial charge is 0.229 e. The van der Waals surface area contributed by atoms with Gasteiger partial charge in [0.15, 0.2) is 0 Å². The lowest BCUT2D eigenvalue weighted by Crippen LogP contribution is -2.06. The molecule has 0 aliphatic carbocycles. The molecule has 3 heterocycles. The molecule has 0 saturated heterocycles. The number of hydrogen-bond acceptors (Lipinski definition) is 6. The fraction of sp³-hybridized carbons (Fsp3) is 0.0588. The van der Waals surface area contributed by atoms with Gasteiger partial charge < -0.3 is 10.6 Å². The van der Waals surface area contributed by atoms with Gasteiger partial charge in [0.05, 0.1) is 28.4 Å². The summed E-state index contributed by atoms with van der Waals surface area (Å²) in [6.45, 7) is 0.580. The van der Waals surface area contributed by atoms with E-state index in [4.69, 9.17) is 0 Å². The molecule has 7 nitrogen and oxygen atoms in total. The fourth-order valence-electron chi connectivity index (χ4n) is 2.38. The highest BCUT2D eigenvalue weighted by Gasteiger charge is 2.06. The molecular weight excluding hydrogens is 382 g/mol. The van der Waals surface area contributed by atoms with Crippen LogP contribution < -0.4 is 10.6 Å². The predicted molar refractivity (Wildman–Crippen MR) is 101 cm³/mol. The zero-order valence-electron chi connectivity index (χ0n) is 13.1. The number of H-pyrrole nitrogens is 1. The Kier molecular flexibility index (Phi) is 4.26. The second-order valence-electron chi connectivity index (χ2n) is 5.36. The third-order valence-electron chi connectivity index (χ3n) is 3.60. The molecule has 0 fully saturated rings. The van der Waals surface area contributed by atoms with E-state index in [0.717, 1.165) is 26.8 Å². The first kappa shape index (κ1) is 15.5. The summed E-state index contributed by atoms with van der Waals surface area (Å²) in [7, 11) is 0. The second-order valence-corrected chi connectivity index (χ2v) is 6.22. The number of anilines is 3. The molecule has 25 heavy (non-hydrogen) atoms. The lowest BCUT2D eigenvalue weighted by atomic mass is 10.2. The maximum atomic E-state index is 4.52. The van der Waals surface area contributed by atoms with Gasteiger partial charge in [0, 0.05) is 23.5 Å². The van der Waals surface area contributed by atoms with E-state index in [2.05, 4.69) is 51.7 Å². The molecule has 8 heteroatoms. The molecular formula is C17H14BrN7. The SMILES string of the molecule is Brc1cnc(Nc2ccc3[nH]ncc3c2)nc1NCc1ccccn1. The van der Waals surface area contributed by atoms with Crippen molar-refractivity contribution in [3.05, 3.63) is 65.2 Å². The van der Waals surface area contributed by atoms with E-state index >= 15 is 0 Å². The maximum absolute atomic E-state index is 4.52. The van der Waals surface area contributed by atoms with Crippen LogP contribution in [-0.4, -0.2) is 25.1 Å². The third kappa shape index (κ3) is 3.58. The van der Waals surface area contributed by atoms with E-state index in [0.29, 0.717) is 18.3 Å². The minimum Gasteiger partial charge on any atom is -0.363 e. The molecule has 0 bridgehead atoms. The summed E-state index contributed by atoms with van der Waals surface area (Å²) in [6.07, 6.45) is 5.26. The van der Waals surface area contributed by atoms with Gasteiger partial charge in [-0.05, 0) is 46.3 Å². The maximum Gasteiger partial charge on any atom is 0.229 e. The Labute approximate surface area is 152 Å². The van der Waals surface area contributed by atoms with Crippen LogP contribution in [0.3, 0.4) is 0 Å². The quantitative estimate of drug-likeness (QED) is 0.475. The standard InChI is InChI=1S/C17H14BrN7/c18-14-10-21-17(23-12-4-5-15-11(7-12)8-22-25-15)24-16(14)20-9-13-3-1-2-6-19-13/h1-8,10H,9H2,(H,22,25)(H2,20,21,23,24). The second kappa shape index (κ2) is 6.86. The van der Waals surface area contributed by atoms with Crippen LogP contribution in [0.2, 0.25) is 0 Å². The Morgan fingerprint density at radius 2 is 2.04 bits per heavy atom. The van der Waals surface area contributed by atoms with Gasteiger partial charge in [-0.15, -0.1) is 0 Å². The van der Waals surface area contributed by atoms with Crippen LogP contribution >= 0.6 is 15.9 Å². The molecule has 0 aliphatic rings. The Hall–Kier alpha value is -3.00. The number of halogens is 1. The van der Waals surface area contributed by atoms with E-state index in [1.54, 1.807) is 18.6 Å². The van der Waals surface area contributed by atoms with Gasteiger partial charge in [-0.2, -0.15) is 10.1 Å². The number of aromatic amines is 1. The average molecular weight is 396 g/mol. The van der Waals surface area contributed by atoms with Gasteiger partial charge in [0.2, 0.25) is 5.95 Å². The van der Waals surface area contributed by atoms with E-state index in [-0.39, 0.29) is 0 Å². The zero-order chi connectivity index (χ0) is 17.1. The minimum absolute atomic E-state index is 0.509. The summed E-state index contributed by atoms with van der Waals surface area (Å²) in [6, 6.07) is 11.7. The third-order valence-corrected chi connectivity index (χ3v) is 4.18. The molecule has 0 saturated carbocycles. The van der Waals surface area contributed by atoms with Crippen molar-refractivity contribution in [1.29, 1.82) is 0 Å². The number of rotatable bonds is 5. The van der Waals surface area contributed by atoms with Gasteiger partial charge in [-0.3, -0.25) is 10.1 Å². The first-order chi connectivity index (χ1) is 12.3. The van der Waals surface area contributed by atoms with Crippen molar-refractivity contribution in [1.82, 2.24) is 25.1 Å². The first-order valence-corrected chi connectivity index (χ1v) is 8.44. The highest BCUT2D eigenvalue weighted by Crippen LogP contribution is 2.23. The monoisotopic (exact) mass is 395 g/mol. The molecule has 0 spiro atoms. The highest BCUT2D eigenvalue weighted by atomic mass is 79.9. The van der Waals surface area contributed by atoms with Crippen molar-refractivity contribution in [3.63, 3.8) is 0 Å². The van der Waals surface area contributed by atoms with E-state index < -0.39 is 0 Å². The van der Waals surface area contributed by atoms with Crippen LogP contribution in [0.1, 0.15) is 5.69 Å². The summed E-state index contributed by atoms with van der Waals surface area (Å²) < 4.78 is 0.791. The largest absolute Gasteiger partial charge is 0.363 e. The van der Waals surface area contributed by atoms with Gasteiger partial charge >= 0.3 is 0 Å². The van der Waals surface area contributed by atoms with E-state index in [1.807, 2.05) is 36.4 Å². The van der Waals surface area contributed by atoms with Crippen LogP contribution in [0.4, 0.5) is 17.5 Å². The number of hydrogen-bond donors (Lipinski definition) is 3. The van der Waals surface area contributed by atoms with Crippen LogP contribution in [0.25, 0.3) is 10.9 Å². The summed E-state index contributed by atoms with van der Waals surface area (Å²) >= 11 is 3.47. The molecule has 1 aromatic carbocycles. The number of pyridine rings is 1. The summed E-state index contributed by atoms with van der Waals surface area (Å²) in [4.78, 5) is 13.1. The molecule has 0 aliphatic heterocycles. The highest BCUT2D eigenvalue weighted by molar-refractivity contribution is 9.10. The molecule has 0 atom stereocenters. The van der Waals surface area contributed by atoms with Crippen molar-refractivity contribution < 1.29 is 0 Å². The number of nitrogens with one attached hydrogen (secondary N) is 3. The molecule has 0 unspecified atom stereocenters. The molecule has 4 aromatic rings. The van der Waals surface area contributed by atoms with E-state index in [9.17, 15) is 0 Å². The average Bonchev–Trinajstić information content (AvgIpc) is 3.11. The molecule has 0 amide bonds. The Bertz CT molecular complexity index is 1000. The Balaban J connectivity index is 1.52. The van der Waals surface area contributed by atoms with Gasteiger partial charge in [0.1, 0.15) is 5.82 Å². The summed E-state index contributed by atoms with van der Waals surface area (Å²) in [5, 5.41) is 14.5. The first-order valence-electron chi connectivity index (χ1n) is 7.64. The van der Waals surface area contributed by atoms with Gasteiger partial charge in [-0.1, -0.05) is 6.07 Å². The van der Waals surface area contributed by atoms with Crippen molar-refractivity contribution >= 4 is 44.3 Å². The van der Waals surface area contributed by atoms with Crippen molar-refractivity contribution in [2.24, 2.45) is 0 Å². The summed E-state index contributed by atoms with van der Waals surface area (Å²) in [5.74, 6) is 1.21. The number of fused-ring (bicyclic) bond motifs is 1. The minimum atomic E-state index is 0.509. The van der Waals surface area contributed by atoms with Gasteiger partial charge in [0.25, 0.3) is 0 Å². The molecule has 124 valence electrons. The predicted octanol–water partition coefficient (Wildman–Crippen LogP) is 3.87. The van der Waals surface area contributed by atoms with Crippen LogP contribution in [0.15, 0.2) is 59.5 Å².